The fraction of sp³-hybridized carbons (Fsp3) is 0.600. The lowest BCUT2D eigenvalue weighted by atomic mass is 9.98. The van der Waals surface area contributed by atoms with Gasteiger partial charge in [-0.2, -0.15) is 0 Å². The Labute approximate surface area is 103 Å². The van der Waals surface area contributed by atoms with Crippen LogP contribution in [0.15, 0.2) is 18.2 Å². The van der Waals surface area contributed by atoms with Gasteiger partial charge >= 0.3 is 0 Å². The summed E-state index contributed by atoms with van der Waals surface area (Å²) in [7, 11) is 0. The van der Waals surface area contributed by atoms with Gasteiger partial charge in [0, 0.05) is 24.3 Å². The van der Waals surface area contributed by atoms with Crippen LogP contribution in [0.5, 0.6) is 5.75 Å². The highest BCUT2D eigenvalue weighted by Gasteiger charge is 2.23. The molecule has 1 aromatic rings. The minimum atomic E-state index is 0.485. The molecule has 92 valence electrons. The number of anilines is 1. The van der Waals surface area contributed by atoms with Crippen LogP contribution in [0, 0.1) is 5.92 Å². The van der Waals surface area contributed by atoms with Crippen LogP contribution in [0.4, 0.5) is 5.69 Å². The quantitative estimate of drug-likeness (QED) is 0.844. The Hall–Kier alpha value is -1.18. The third-order valence-corrected chi connectivity index (χ3v) is 4.28. The molecule has 1 saturated carbocycles. The van der Waals surface area contributed by atoms with Gasteiger partial charge in [0.1, 0.15) is 5.75 Å². The number of aromatic hydroxyl groups is 1. The lowest BCUT2D eigenvalue weighted by Gasteiger charge is -2.33. The number of phenolic OH excluding ortho intramolecular Hbond substituents is 1. The van der Waals surface area contributed by atoms with Crippen molar-refractivity contribution < 1.29 is 5.11 Å². The van der Waals surface area contributed by atoms with Gasteiger partial charge in [-0.1, -0.05) is 18.9 Å². The van der Waals surface area contributed by atoms with Crippen LogP contribution >= 0.6 is 0 Å². The molecule has 1 N–H and O–H groups in total. The Morgan fingerprint density at radius 1 is 1.18 bits per heavy atom. The van der Waals surface area contributed by atoms with E-state index in [1.165, 1.54) is 44.3 Å². The predicted octanol–water partition coefficient (Wildman–Crippen LogP) is 3.34. The summed E-state index contributed by atoms with van der Waals surface area (Å²) in [6.45, 7) is 2.35. The van der Waals surface area contributed by atoms with Gasteiger partial charge in [-0.3, -0.25) is 0 Å². The van der Waals surface area contributed by atoms with E-state index in [4.69, 9.17) is 0 Å². The highest BCUT2D eigenvalue weighted by Crippen LogP contribution is 2.35. The van der Waals surface area contributed by atoms with Gasteiger partial charge < -0.3 is 10.0 Å². The Morgan fingerprint density at radius 3 is 2.82 bits per heavy atom. The first-order valence-corrected chi connectivity index (χ1v) is 6.90. The second kappa shape index (κ2) is 4.59. The first-order chi connectivity index (χ1) is 8.34. The van der Waals surface area contributed by atoms with E-state index >= 15 is 0 Å². The van der Waals surface area contributed by atoms with E-state index in [1.807, 2.05) is 12.1 Å². The molecular weight excluding hydrogens is 210 g/mol. The number of hydrogen-bond donors (Lipinski definition) is 1. The summed E-state index contributed by atoms with van der Waals surface area (Å²) in [4.78, 5) is 2.49. The first kappa shape index (κ1) is 10.9. The fourth-order valence-corrected chi connectivity index (χ4v) is 3.38. The molecule has 17 heavy (non-hydrogen) atoms. The van der Waals surface area contributed by atoms with Crippen molar-refractivity contribution in [1.82, 2.24) is 0 Å². The lowest BCUT2D eigenvalue weighted by molar-refractivity contribution is 0.461. The smallest absolute Gasteiger partial charge is 0.120 e. The molecule has 0 saturated heterocycles. The van der Waals surface area contributed by atoms with Crippen LogP contribution in [0.25, 0.3) is 0 Å². The summed E-state index contributed by atoms with van der Waals surface area (Å²) in [5.74, 6) is 1.36. The van der Waals surface area contributed by atoms with Crippen molar-refractivity contribution in [2.24, 2.45) is 5.92 Å². The maximum absolute atomic E-state index is 9.91. The zero-order valence-electron chi connectivity index (χ0n) is 10.4. The molecule has 2 nitrogen and oxygen atoms in total. The van der Waals surface area contributed by atoms with Gasteiger partial charge in [0.05, 0.1) is 0 Å². The maximum Gasteiger partial charge on any atom is 0.120 e. The topological polar surface area (TPSA) is 23.5 Å². The van der Waals surface area contributed by atoms with Gasteiger partial charge in [0.15, 0.2) is 0 Å². The summed E-state index contributed by atoms with van der Waals surface area (Å²) in [6.07, 6.45) is 7.81. The average Bonchev–Trinajstić information content (AvgIpc) is 2.83. The molecule has 1 aliphatic carbocycles. The summed E-state index contributed by atoms with van der Waals surface area (Å²) < 4.78 is 0. The van der Waals surface area contributed by atoms with Crippen LogP contribution in [0.3, 0.4) is 0 Å². The molecule has 1 aromatic carbocycles. The molecule has 0 atom stereocenters. The minimum absolute atomic E-state index is 0.485. The van der Waals surface area contributed by atoms with Gasteiger partial charge in [-0.05, 0) is 43.7 Å². The van der Waals surface area contributed by atoms with Crippen molar-refractivity contribution in [2.75, 3.05) is 18.0 Å². The molecule has 3 rings (SSSR count). The van der Waals surface area contributed by atoms with Crippen LogP contribution < -0.4 is 4.90 Å². The largest absolute Gasteiger partial charge is 0.508 e. The standard InChI is InChI=1S/C15H21NO/c17-15-9-3-8-14-13(15)7-4-10-16(14)11-12-5-1-2-6-12/h3,8-9,12,17H,1-2,4-7,10-11H2. The Balaban J connectivity index is 1.81. The van der Waals surface area contributed by atoms with Gasteiger partial charge in [0.25, 0.3) is 0 Å². The molecule has 0 radical (unpaired) electrons. The van der Waals surface area contributed by atoms with Crippen molar-refractivity contribution in [3.8, 4) is 5.75 Å². The molecule has 0 bridgehead atoms. The number of phenols is 1. The molecule has 0 spiro atoms. The number of benzene rings is 1. The lowest BCUT2D eigenvalue weighted by Crippen LogP contribution is -2.33. The van der Waals surface area contributed by atoms with E-state index in [9.17, 15) is 5.11 Å². The molecule has 2 heteroatoms. The third kappa shape index (κ3) is 2.13. The van der Waals surface area contributed by atoms with Gasteiger partial charge in [-0.15, -0.1) is 0 Å². The Kier molecular flexibility index (Phi) is 2.96. The average molecular weight is 231 g/mol. The highest BCUT2D eigenvalue weighted by molar-refractivity contribution is 5.60. The van der Waals surface area contributed by atoms with Crippen molar-refractivity contribution in [3.05, 3.63) is 23.8 Å². The highest BCUT2D eigenvalue weighted by atomic mass is 16.3. The van der Waals surface area contributed by atoms with Crippen LogP contribution in [-0.2, 0) is 6.42 Å². The van der Waals surface area contributed by atoms with Gasteiger partial charge in [0.2, 0.25) is 0 Å². The van der Waals surface area contributed by atoms with E-state index in [0.29, 0.717) is 5.75 Å². The molecule has 1 heterocycles. The fourth-order valence-electron chi connectivity index (χ4n) is 3.38. The second-order valence-corrected chi connectivity index (χ2v) is 5.47. The van der Waals surface area contributed by atoms with E-state index in [-0.39, 0.29) is 0 Å². The van der Waals surface area contributed by atoms with E-state index < -0.39 is 0 Å². The molecule has 1 fully saturated rings. The molecule has 1 aliphatic heterocycles. The minimum Gasteiger partial charge on any atom is -0.508 e. The first-order valence-electron chi connectivity index (χ1n) is 6.90. The zero-order valence-corrected chi connectivity index (χ0v) is 10.4. The number of hydrogen-bond acceptors (Lipinski definition) is 2. The Morgan fingerprint density at radius 2 is 2.00 bits per heavy atom. The Bertz CT molecular complexity index is 396. The molecule has 0 aromatic heterocycles. The number of nitrogens with zero attached hydrogens (tertiary/aromatic N) is 1. The van der Waals surface area contributed by atoms with Crippen molar-refractivity contribution in [1.29, 1.82) is 0 Å². The van der Waals surface area contributed by atoms with Gasteiger partial charge in [-0.25, -0.2) is 0 Å². The van der Waals surface area contributed by atoms with Crippen LogP contribution in [0.2, 0.25) is 0 Å². The van der Waals surface area contributed by atoms with Crippen molar-refractivity contribution in [2.45, 2.75) is 38.5 Å². The van der Waals surface area contributed by atoms with Crippen LogP contribution in [0.1, 0.15) is 37.7 Å². The predicted molar refractivity (Wildman–Crippen MR) is 70.6 cm³/mol. The molecular formula is C15H21NO. The second-order valence-electron chi connectivity index (χ2n) is 5.47. The summed E-state index contributed by atoms with van der Waals surface area (Å²) in [5, 5.41) is 9.91. The van der Waals surface area contributed by atoms with E-state index in [2.05, 4.69) is 11.0 Å². The molecule has 0 unspecified atom stereocenters. The summed E-state index contributed by atoms with van der Waals surface area (Å²) in [5.41, 5.74) is 2.44. The van der Waals surface area contributed by atoms with Crippen molar-refractivity contribution in [3.63, 3.8) is 0 Å². The summed E-state index contributed by atoms with van der Waals surface area (Å²) >= 11 is 0. The SMILES string of the molecule is Oc1cccc2c1CCCN2CC1CCCC1. The molecule has 0 amide bonds. The van der Waals surface area contributed by atoms with Crippen molar-refractivity contribution >= 4 is 5.69 Å². The zero-order chi connectivity index (χ0) is 11.7. The summed E-state index contributed by atoms with van der Waals surface area (Å²) in [6, 6.07) is 5.96. The number of fused-ring (bicyclic) bond motifs is 1. The monoisotopic (exact) mass is 231 g/mol. The van der Waals surface area contributed by atoms with E-state index in [1.54, 1.807) is 0 Å². The maximum atomic E-state index is 9.91. The third-order valence-electron chi connectivity index (χ3n) is 4.28. The van der Waals surface area contributed by atoms with E-state index in [0.717, 1.165) is 24.4 Å². The normalized spacial score (nSPS) is 20.6. The number of rotatable bonds is 2. The molecule has 2 aliphatic rings. The van der Waals surface area contributed by atoms with Crippen LogP contribution in [-0.4, -0.2) is 18.2 Å².